The van der Waals surface area contributed by atoms with Crippen molar-refractivity contribution in [2.75, 3.05) is 38.3 Å². The predicted octanol–water partition coefficient (Wildman–Crippen LogP) is 3.58. The quantitative estimate of drug-likeness (QED) is 0.0980. The lowest BCUT2D eigenvalue weighted by Crippen LogP contribution is -2.51. The van der Waals surface area contributed by atoms with Crippen LogP contribution in [0.1, 0.15) is 47.0 Å². The van der Waals surface area contributed by atoms with Gasteiger partial charge in [0.25, 0.3) is 15.7 Å². The lowest BCUT2D eigenvalue weighted by molar-refractivity contribution is -0.832. The minimum atomic E-state index is -4.29. The van der Waals surface area contributed by atoms with Gasteiger partial charge in [-0.05, 0) is 53.6 Å². The zero-order valence-corrected chi connectivity index (χ0v) is 29.0. The highest BCUT2D eigenvalue weighted by atomic mass is 32.2. The van der Waals surface area contributed by atoms with Crippen LogP contribution < -0.4 is 14.5 Å². The fourth-order valence-corrected chi connectivity index (χ4v) is 8.14. The molecule has 2 aromatic heterocycles. The molecule has 270 valence electrons. The van der Waals surface area contributed by atoms with Crippen molar-refractivity contribution >= 4 is 44.3 Å². The second kappa shape index (κ2) is 14.4. The van der Waals surface area contributed by atoms with Crippen LogP contribution in [0.5, 0.6) is 5.88 Å². The minimum absolute atomic E-state index is 0.0106. The van der Waals surface area contributed by atoms with Crippen LogP contribution in [0.2, 0.25) is 0 Å². The Morgan fingerprint density at radius 3 is 2.42 bits per heavy atom. The Morgan fingerprint density at radius 2 is 1.63 bits per heavy atom. The minimum Gasteiger partial charge on any atom is -0.466 e. The summed E-state index contributed by atoms with van der Waals surface area (Å²) in [5.41, 5.74) is 4.89. The summed E-state index contributed by atoms with van der Waals surface area (Å²) in [4.78, 5) is 41.9. The fourth-order valence-electron chi connectivity index (χ4n) is 6.84. The summed E-state index contributed by atoms with van der Waals surface area (Å²) in [7, 11) is -2.28. The maximum Gasteiger partial charge on any atom is 0.415 e. The zero-order valence-electron chi connectivity index (χ0n) is 28.2. The molecule has 0 spiro atoms. The Labute approximate surface area is 298 Å². The first-order valence-corrected chi connectivity index (χ1v) is 18.2. The second-order valence-corrected chi connectivity index (χ2v) is 14.1. The summed E-state index contributed by atoms with van der Waals surface area (Å²) in [5, 5.41) is 15.7. The highest BCUT2D eigenvalue weighted by molar-refractivity contribution is 7.91. The maximum absolute atomic E-state index is 13.6. The van der Waals surface area contributed by atoms with Gasteiger partial charge in [-0.3, -0.25) is 19.0 Å². The summed E-state index contributed by atoms with van der Waals surface area (Å²) in [6.45, 7) is 0.655. The number of carbonyl (C=O) groups excluding carboxylic acids is 3. The van der Waals surface area contributed by atoms with Crippen LogP contribution >= 0.6 is 0 Å². The SMILES string of the molecule is CN1c2ccccc2C(=O)N2CCc3c(n(CCCOC(=O)CCC(=O)OCCOc4no[n+]([O-])c4S(=O)(=O)c4ccccc4)c4ccccc34)C21. The number of ether oxygens (including phenoxy) is 3. The number of nitrogens with zero attached hydrogens (tertiary/aromatic N) is 5. The van der Waals surface area contributed by atoms with Crippen molar-refractivity contribution in [2.24, 2.45) is 0 Å². The summed E-state index contributed by atoms with van der Waals surface area (Å²) >= 11 is 0. The van der Waals surface area contributed by atoms with Gasteiger partial charge in [0, 0.05) is 31.0 Å². The van der Waals surface area contributed by atoms with Gasteiger partial charge in [0.1, 0.15) is 19.4 Å². The molecule has 3 aromatic carbocycles. The topological polar surface area (TPSA) is 177 Å². The van der Waals surface area contributed by atoms with Crippen LogP contribution in [0.15, 0.2) is 93.4 Å². The molecule has 0 fully saturated rings. The van der Waals surface area contributed by atoms with Crippen LogP contribution in [0, 0.1) is 5.21 Å². The van der Waals surface area contributed by atoms with Gasteiger partial charge in [-0.2, -0.15) is 0 Å². The first-order valence-electron chi connectivity index (χ1n) is 16.7. The first-order chi connectivity index (χ1) is 25.2. The number of rotatable bonds is 13. The molecular weight excluding hydrogens is 694 g/mol. The standard InChI is InChI=1S/C36H35N5O10S/c1-38-28-14-7-6-13-27(28)35(44)40-20-18-26-25-12-5-8-15-29(25)39(32(26)34(38)40)19-9-21-48-30(42)16-17-31(43)49-22-23-50-33-36(41(45)51-37-33)52(46,47)24-10-3-2-4-11-24/h2-8,10-15,34H,9,16-23H2,1H3. The van der Waals surface area contributed by atoms with Crippen molar-refractivity contribution in [2.45, 2.75) is 48.3 Å². The van der Waals surface area contributed by atoms with Gasteiger partial charge in [0.05, 0.1) is 46.4 Å². The molecule has 5 aromatic rings. The number of para-hydroxylation sites is 2. The van der Waals surface area contributed by atoms with E-state index in [1.54, 1.807) is 6.07 Å². The van der Waals surface area contributed by atoms with Crippen LogP contribution in [0.3, 0.4) is 0 Å². The van der Waals surface area contributed by atoms with Crippen molar-refractivity contribution in [3.05, 3.63) is 101 Å². The Bertz CT molecular complexity index is 2250. The largest absolute Gasteiger partial charge is 0.466 e. The van der Waals surface area contributed by atoms with E-state index in [4.69, 9.17) is 14.2 Å². The summed E-state index contributed by atoms with van der Waals surface area (Å²) in [6, 6.07) is 23.0. The van der Waals surface area contributed by atoms with E-state index in [0.29, 0.717) is 25.1 Å². The van der Waals surface area contributed by atoms with E-state index in [0.717, 1.165) is 28.7 Å². The monoisotopic (exact) mass is 729 g/mol. The van der Waals surface area contributed by atoms with Gasteiger partial charge in [0.15, 0.2) is 0 Å². The Hall–Kier alpha value is -5.90. The van der Waals surface area contributed by atoms with Crippen molar-refractivity contribution < 1.29 is 46.5 Å². The third-order valence-corrected chi connectivity index (χ3v) is 10.9. The van der Waals surface area contributed by atoms with Gasteiger partial charge < -0.3 is 33.8 Å². The van der Waals surface area contributed by atoms with Crippen molar-refractivity contribution in [1.29, 1.82) is 0 Å². The van der Waals surface area contributed by atoms with Crippen molar-refractivity contribution in [1.82, 2.24) is 14.6 Å². The van der Waals surface area contributed by atoms with Gasteiger partial charge in [-0.15, -0.1) is 0 Å². The Kier molecular flexibility index (Phi) is 9.55. The molecule has 1 atom stereocenters. The number of benzene rings is 3. The van der Waals surface area contributed by atoms with E-state index in [9.17, 15) is 28.0 Å². The number of fused-ring (bicyclic) bond motifs is 6. The normalized spacial score (nSPS) is 15.2. The molecule has 1 amide bonds. The number of carbonyl (C=O) groups is 3. The molecule has 0 radical (unpaired) electrons. The van der Waals surface area contributed by atoms with Crippen LogP contribution in [0.25, 0.3) is 10.9 Å². The number of sulfone groups is 1. The second-order valence-electron chi connectivity index (χ2n) is 12.3. The van der Waals surface area contributed by atoms with Gasteiger partial charge >= 0.3 is 22.8 Å². The van der Waals surface area contributed by atoms with Crippen LogP contribution in [-0.2, 0) is 41.9 Å². The summed E-state index contributed by atoms with van der Waals surface area (Å²) in [5.74, 6) is -1.82. The number of esters is 2. The fraction of sp³-hybridized carbons (Fsp3) is 0.306. The molecule has 0 saturated heterocycles. The van der Waals surface area contributed by atoms with E-state index in [2.05, 4.69) is 31.4 Å². The number of hydrogen-bond acceptors (Lipinski definition) is 12. The molecule has 0 saturated carbocycles. The highest BCUT2D eigenvalue weighted by Crippen LogP contribution is 2.44. The highest BCUT2D eigenvalue weighted by Gasteiger charge is 2.42. The number of anilines is 1. The molecule has 0 N–H and O–H groups in total. The lowest BCUT2D eigenvalue weighted by atomic mass is 9.96. The average Bonchev–Trinajstić information content (AvgIpc) is 3.70. The zero-order chi connectivity index (χ0) is 36.4. The molecular formula is C36H35N5O10S. The molecule has 52 heavy (non-hydrogen) atoms. The molecule has 2 aliphatic heterocycles. The molecule has 2 aliphatic rings. The van der Waals surface area contributed by atoms with E-state index >= 15 is 0 Å². The van der Waals surface area contributed by atoms with E-state index < -0.39 is 32.7 Å². The van der Waals surface area contributed by atoms with E-state index in [-0.39, 0.29) is 54.5 Å². The molecule has 7 rings (SSSR count). The number of amides is 1. The Balaban J connectivity index is 0.898. The molecule has 1 unspecified atom stereocenters. The third kappa shape index (κ3) is 6.40. The predicted molar refractivity (Wildman–Crippen MR) is 183 cm³/mol. The molecule has 15 nitrogen and oxygen atoms in total. The van der Waals surface area contributed by atoms with Crippen molar-refractivity contribution in [3.63, 3.8) is 0 Å². The molecule has 0 bridgehead atoms. The average molecular weight is 730 g/mol. The summed E-state index contributed by atoms with van der Waals surface area (Å²) < 4.78 is 48.1. The summed E-state index contributed by atoms with van der Waals surface area (Å²) in [6.07, 6.45) is 0.513. The van der Waals surface area contributed by atoms with Gasteiger partial charge in [-0.1, -0.05) is 48.5 Å². The lowest BCUT2D eigenvalue weighted by Gasteiger charge is -2.46. The van der Waals surface area contributed by atoms with E-state index in [1.165, 1.54) is 29.8 Å². The molecule has 0 aliphatic carbocycles. The van der Waals surface area contributed by atoms with Crippen LogP contribution in [0.4, 0.5) is 5.69 Å². The first kappa shape index (κ1) is 34.5. The molecule has 16 heteroatoms. The number of aryl methyl sites for hydroxylation is 1. The van der Waals surface area contributed by atoms with E-state index in [1.807, 2.05) is 48.3 Å². The molecule has 4 heterocycles. The van der Waals surface area contributed by atoms with Gasteiger partial charge in [-0.25, -0.2) is 8.42 Å². The Morgan fingerprint density at radius 1 is 0.942 bits per heavy atom. The number of hydrogen-bond donors (Lipinski definition) is 0. The van der Waals surface area contributed by atoms with Gasteiger partial charge in [0.2, 0.25) is 0 Å². The number of aromatic nitrogens is 3. The van der Waals surface area contributed by atoms with Crippen molar-refractivity contribution in [3.8, 4) is 5.88 Å². The van der Waals surface area contributed by atoms with Crippen LogP contribution in [-0.4, -0.2) is 74.3 Å². The smallest absolute Gasteiger partial charge is 0.415 e. The maximum atomic E-state index is 13.6. The third-order valence-electron chi connectivity index (χ3n) is 9.17.